The molecule has 2 aromatic heterocycles. The monoisotopic (exact) mass is 281 g/mol. The van der Waals surface area contributed by atoms with Gasteiger partial charge in [0, 0.05) is 24.8 Å². The highest BCUT2D eigenvalue weighted by Crippen LogP contribution is 2.12. The van der Waals surface area contributed by atoms with Crippen LogP contribution in [0, 0.1) is 13.8 Å². The van der Waals surface area contributed by atoms with Gasteiger partial charge in [0.25, 0.3) is 0 Å². The quantitative estimate of drug-likeness (QED) is 0.916. The van der Waals surface area contributed by atoms with Gasteiger partial charge in [-0.1, -0.05) is 11.6 Å². The number of nitrogens with zero attached hydrogens (tertiary/aromatic N) is 4. The van der Waals surface area contributed by atoms with Crippen LogP contribution in [-0.4, -0.2) is 25.5 Å². The van der Waals surface area contributed by atoms with Crippen molar-refractivity contribution < 1.29 is 4.79 Å². The van der Waals surface area contributed by atoms with E-state index in [1.807, 2.05) is 20.9 Å². The Hall–Kier alpha value is -1.82. The van der Waals surface area contributed by atoms with Crippen LogP contribution < -0.4 is 5.32 Å². The Morgan fingerprint density at radius 1 is 1.32 bits per heavy atom. The summed E-state index contributed by atoms with van der Waals surface area (Å²) >= 11 is 5.88. The van der Waals surface area contributed by atoms with Crippen LogP contribution in [-0.2, 0) is 24.9 Å². The van der Waals surface area contributed by atoms with Crippen molar-refractivity contribution in [2.24, 2.45) is 7.05 Å². The number of halogens is 1. The summed E-state index contributed by atoms with van der Waals surface area (Å²) in [4.78, 5) is 11.8. The third-order valence-electron chi connectivity index (χ3n) is 3.15. The Morgan fingerprint density at radius 3 is 2.58 bits per heavy atom. The first-order valence-electron chi connectivity index (χ1n) is 5.91. The van der Waals surface area contributed by atoms with E-state index < -0.39 is 0 Å². The molecular formula is C12H16ClN5O. The molecule has 102 valence electrons. The molecule has 0 aromatic carbocycles. The Bertz CT molecular complexity index is 601. The van der Waals surface area contributed by atoms with Crippen molar-refractivity contribution in [3.05, 3.63) is 34.4 Å². The van der Waals surface area contributed by atoms with Crippen LogP contribution in [0.3, 0.4) is 0 Å². The zero-order valence-corrected chi connectivity index (χ0v) is 11.9. The van der Waals surface area contributed by atoms with Crippen molar-refractivity contribution in [3.63, 3.8) is 0 Å². The zero-order chi connectivity index (χ0) is 14.0. The van der Waals surface area contributed by atoms with E-state index >= 15 is 0 Å². The van der Waals surface area contributed by atoms with Crippen LogP contribution >= 0.6 is 11.6 Å². The minimum absolute atomic E-state index is 0.105. The van der Waals surface area contributed by atoms with Gasteiger partial charge in [-0.25, -0.2) is 0 Å². The molecule has 1 amide bonds. The van der Waals surface area contributed by atoms with Crippen LogP contribution in [0.15, 0.2) is 12.4 Å². The number of carbonyl (C=O) groups excluding carboxylic acids is 1. The van der Waals surface area contributed by atoms with Gasteiger partial charge in [0.1, 0.15) is 6.54 Å². The topological polar surface area (TPSA) is 64.7 Å². The predicted molar refractivity (Wildman–Crippen MR) is 71.8 cm³/mol. The molecular weight excluding hydrogens is 266 g/mol. The maximum atomic E-state index is 11.8. The predicted octanol–water partition coefficient (Wildman–Crippen LogP) is 1.20. The lowest BCUT2D eigenvalue weighted by atomic mass is 10.2. The maximum Gasteiger partial charge on any atom is 0.242 e. The van der Waals surface area contributed by atoms with Gasteiger partial charge < -0.3 is 5.32 Å². The van der Waals surface area contributed by atoms with E-state index in [1.165, 1.54) is 6.20 Å². The molecule has 0 atom stereocenters. The van der Waals surface area contributed by atoms with Crippen molar-refractivity contribution >= 4 is 17.5 Å². The number of aryl methyl sites for hydroxylation is 1. The fourth-order valence-corrected chi connectivity index (χ4v) is 1.83. The third-order valence-corrected chi connectivity index (χ3v) is 3.52. The summed E-state index contributed by atoms with van der Waals surface area (Å²) in [7, 11) is 1.87. The van der Waals surface area contributed by atoms with E-state index in [0.717, 1.165) is 17.0 Å². The summed E-state index contributed by atoms with van der Waals surface area (Å²) in [6, 6.07) is 0. The second-order valence-corrected chi connectivity index (χ2v) is 4.80. The minimum atomic E-state index is -0.105. The molecule has 19 heavy (non-hydrogen) atoms. The fraction of sp³-hybridized carbons (Fsp3) is 0.417. The highest BCUT2D eigenvalue weighted by atomic mass is 35.5. The smallest absolute Gasteiger partial charge is 0.242 e. The van der Waals surface area contributed by atoms with Crippen molar-refractivity contribution in [2.75, 3.05) is 0 Å². The van der Waals surface area contributed by atoms with E-state index in [1.54, 1.807) is 15.6 Å². The molecule has 0 unspecified atom stereocenters. The number of hydrogen-bond acceptors (Lipinski definition) is 3. The lowest BCUT2D eigenvalue weighted by Gasteiger charge is -2.06. The van der Waals surface area contributed by atoms with Gasteiger partial charge >= 0.3 is 0 Å². The van der Waals surface area contributed by atoms with Gasteiger partial charge in [-0.2, -0.15) is 10.2 Å². The van der Waals surface area contributed by atoms with Gasteiger partial charge in [0.2, 0.25) is 5.91 Å². The van der Waals surface area contributed by atoms with Gasteiger partial charge in [0.05, 0.1) is 23.1 Å². The molecule has 2 rings (SSSR count). The summed E-state index contributed by atoms with van der Waals surface area (Å²) in [6.45, 7) is 4.42. The van der Waals surface area contributed by atoms with Crippen LogP contribution in [0.4, 0.5) is 0 Å². The van der Waals surface area contributed by atoms with Crippen molar-refractivity contribution in [3.8, 4) is 0 Å². The Balaban J connectivity index is 1.92. The number of nitrogens with one attached hydrogen (secondary N) is 1. The molecule has 2 heterocycles. The zero-order valence-electron chi connectivity index (χ0n) is 11.1. The van der Waals surface area contributed by atoms with Gasteiger partial charge in [-0.3, -0.25) is 14.2 Å². The average Bonchev–Trinajstić information content (AvgIpc) is 2.86. The lowest BCUT2D eigenvalue weighted by Crippen LogP contribution is -2.28. The number of carbonyl (C=O) groups is 1. The number of rotatable bonds is 4. The third kappa shape index (κ3) is 2.96. The molecule has 7 heteroatoms. The van der Waals surface area contributed by atoms with E-state index in [-0.39, 0.29) is 12.5 Å². The number of hydrogen-bond donors (Lipinski definition) is 1. The van der Waals surface area contributed by atoms with E-state index in [2.05, 4.69) is 15.5 Å². The summed E-state index contributed by atoms with van der Waals surface area (Å²) in [5, 5.41) is 11.6. The van der Waals surface area contributed by atoms with Crippen molar-refractivity contribution in [1.29, 1.82) is 0 Å². The Labute approximate surface area is 116 Å². The molecule has 1 N–H and O–H groups in total. The second-order valence-electron chi connectivity index (χ2n) is 4.39. The molecule has 0 radical (unpaired) electrons. The largest absolute Gasteiger partial charge is 0.350 e. The van der Waals surface area contributed by atoms with Gasteiger partial charge in [-0.05, 0) is 13.8 Å². The minimum Gasteiger partial charge on any atom is -0.350 e. The van der Waals surface area contributed by atoms with Crippen molar-refractivity contribution in [2.45, 2.75) is 26.9 Å². The maximum absolute atomic E-state index is 11.8. The number of aromatic nitrogens is 4. The van der Waals surface area contributed by atoms with E-state index in [0.29, 0.717) is 11.6 Å². The molecule has 6 nitrogen and oxygen atoms in total. The SMILES string of the molecule is Cc1c(CNC(=O)Cn2ncc(Cl)c2C)cnn1C. The normalized spacial score (nSPS) is 10.7. The molecule has 0 saturated heterocycles. The standard InChI is InChI=1S/C12H16ClN5O/c1-8-10(5-15-17(8)3)4-14-12(19)7-18-9(2)11(13)6-16-18/h5-6H,4,7H2,1-3H3,(H,14,19). The molecule has 0 aliphatic carbocycles. The van der Waals surface area contributed by atoms with E-state index in [9.17, 15) is 4.79 Å². The first-order valence-corrected chi connectivity index (χ1v) is 6.29. The Morgan fingerprint density at radius 2 is 2.05 bits per heavy atom. The van der Waals surface area contributed by atoms with Crippen LogP contribution in [0.5, 0.6) is 0 Å². The average molecular weight is 282 g/mol. The lowest BCUT2D eigenvalue weighted by molar-refractivity contribution is -0.122. The summed E-state index contributed by atoms with van der Waals surface area (Å²) in [5.74, 6) is -0.105. The molecule has 0 saturated carbocycles. The second kappa shape index (κ2) is 5.44. The number of amides is 1. The summed E-state index contributed by atoms with van der Waals surface area (Å²) in [6.07, 6.45) is 3.29. The first-order chi connectivity index (χ1) is 8.99. The van der Waals surface area contributed by atoms with Crippen LogP contribution in [0.2, 0.25) is 5.02 Å². The van der Waals surface area contributed by atoms with Crippen molar-refractivity contribution in [1.82, 2.24) is 24.9 Å². The highest BCUT2D eigenvalue weighted by Gasteiger charge is 2.10. The fourth-order valence-electron chi connectivity index (χ4n) is 1.69. The molecule has 2 aromatic rings. The molecule has 0 aliphatic rings. The van der Waals surface area contributed by atoms with E-state index in [4.69, 9.17) is 11.6 Å². The molecule has 0 fully saturated rings. The molecule has 0 bridgehead atoms. The first kappa shape index (κ1) is 13.6. The summed E-state index contributed by atoms with van der Waals surface area (Å²) < 4.78 is 3.35. The molecule has 0 aliphatic heterocycles. The van der Waals surface area contributed by atoms with Gasteiger partial charge in [0.15, 0.2) is 0 Å². The Kier molecular flexibility index (Phi) is 3.90. The van der Waals surface area contributed by atoms with Crippen LogP contribution in [0.25, 0.3) is 0 Å². The molecule has 0 spiro atoms. The summed E-state index contributed by atoms with van der Waals surface area (Å²) in [5.41, 5.74) is 2.83. The highest BCUT2D eigenvalue weighted by molar-refractivity contribution is 6.31. The van der Waals surface area contributed by atoms with Crippen LogP contribution in [0.1, 0.15) is 17.0 Å². The van der Waals surface area contributed by atoms with Gasteiger partial charge in [-0.15, -0.1) is 0 Å².